The predicted octanol–water partition coefficient (Wildman–Crippen LogP) is 2.10. The smallest absolute Gasteiger partial charge is 0.0365 e. The van der Waals surface area contributed by atoms with Crippen molar-refractivity contribution in [3.8, 4) is 0 Å². The summed E-state index contributed by atoms with van der Waals surface area (Å²) in [7, 11) is 0. The first-order valence-electron chi connectivity index (χ1n) is 4.28. The van der Waals surface area contributed by atoms with E-state index in [-0.39, 0.29) is 0 Å². The topological polar surface area (TPSA) is 12.0 Å². The minimum Gasteiger partial charge on any atom is -0.313 e. The molecule has 1 aliphatic carbocycles. The molecule has 66 valence electrons. The second-order valence-corrected chi connectivity index (χ2v) is 4.93. The van der Waals surface area contributed by atoms with Crippen LogP contribution < -0.4 is 5.32 Å². The summed E-state index contributed by atoms with van der Waals surface area (Å²) < 4.78 is 0. The van der Waals surface area contributed by atoms with Crippen molar-refractivity contribution < 1.29 is 0 Å². The number of alkyl halides is 1. The average Bonchev–Trinajstić information content (AvgIpc) is 1.94. The molecule has 1 aliphatic rings. The molecule has 0 aromatic rings. The number of halogens is 1. The summed E-state index contributed by atoms with van der Waals surface area (Å²) in [5.74, 6) is 2.46. The molecule has 11 heavy (non-hydrogen) atoms. The molecule has 0 radical (unpaired) electrons. The molecule has 0 spiro atoms. The van der Waals surface area contributed by atoms with E-state index in [2.05, 4.69) is 12.2 Å². The molecule has 0 saturated heterocycles. The van der Waals surface area contributed by atoms with Gasteiger partial charge in [0.25, 0.3) is 0 Å². The van der Waals surface area contributed by atoms with E-state index in [1.54, 1.807) is 0 Å². The molecule has 0 aromatic heterocycles. The van der Waals surface area contributed by atoms with Crippen molar-refractivity contribution in [2.24, 2.45) is 0 Å². The predicted molar refractivity (Wildman–Crippen MR) is 53.7 cm³/mol. The van der Waals surface area contributed by atoms with Crippen molar-refractivity contribution in [3.63, 3.8) is 0 Å². The van der Waals surface area contributed by atoms with Crippen LogP contribution in [0.4, 0.5) is 0 Å². The largest absolute Gasteiger partial charge is 0.313 e. The normalized spacial score (nSPS) is 30.0. The second kappa shape index (κ2) is 5.28. The van der Waals surface area contributed by atoms with Crippen LogP contribution in [-0.4, -0.2) is 29.5 Å². The second-order valence-electron chi connectivity index (χ2n) is 2.92. The first kappa shape index (κ1) is 9.69. The van der Waals surface area contributed by atoms with Gasteiger partial charge in [0.05, 0.1) is 0 Å². The van der Waals surface area contributed by atoms with Crippen molar-refractivity contribution in [2.75, 3.05) is 18.1 Å². The fourth-order valence-electron chi connectivity index (χ4n) is 1.19. The third-order valence-corrected chi connectivity index (χ3v) is 3.22. The van der Waals surface area contributed by atoms with E-state index < -0.39 is 0 Å². The zero-order chi connectivity index (χ0) is 8.10. The molecule has 1 saturated carbocycles. The van der Waals surface area contributed by atoms with Gasteiger partial charge in [-0.2, -0.15) is 11.8 Å². The molecular weight excluding hydrogens is 178 g/mol. The highest BCUT2D eigenvalue weighted by Gasteiger charge is 2.25. The molecular formula is C8H16ClNS. The Kier molecular flexibility index (Phi) is 4.65. The molecule has 0 amide bonds. The zero-order valence-electron chi connectivity index (χ0n) is 6.98. The summed E-state index contributed by atoms with van der Waals surface area (Å²) in [6, 6.07) is 0.718. The average molecular weight is 194 g/mol. The van der Waals surface area contributed by atoms with E-state index in [0.717, 1.165) is 12.6 Å². The third kappa shape index (κ3) is 3.68. The number of thioether (sulfide) groups is 1. The summed E-state index contributed by atoms with van der Waals surface area (Å²) in [5, 5.41) is 3.93. The Morgan fingerprint density at radius 3 is 2.82 bits per heavy atom. The van der Waals surface area contributed by atoms with Gasteiger partial charge in [-0.1, -0.05) is 6.92 Å². The van der Waals surface area contributed by atoms with Crippen LogP contribution in [0, 0.1) is 0 Å². The fourth-order valence-corrected chi connectivity index (χ4v) is 2.18. The molecule has 0 heterocycles. The van der Waals surface area contributed by atoms with Crippen LogP contribution >= 0.6 is 23.4 Å². The van der Waals surface area contributed by atoms with Crippen LogP contribution in [0.5, 0.6) is 0 Å². The van der Waals surface area contributed by atoms with Crippen molar-refractivity contribution >= 4 is 23.4 Å². The van der Waals surface area contributed by atoms with Crippen LogP contribution in [0.2, 0.25) is 0 Å². The van der Waals surface area contributed by atoms with E-state index in [1.165, 1.54) is 24.3 Å². The van der Waals surface area contributed by atoms with Gasteiger partial charge in [-0.25, -0.2) is 0 Å². The van der Waals surface area contributed by atoms with Gasteiger partial charge in [0.2, 0.25) is 0 Å². The lowest BCUT2D eigenvalue weighted by atomic mass is 9.92. The maximum Gasteiger partial charge on any atom is 0.0365 e. The van der Waals surface area contributed by atoms with Crippen LogP contribution in [0.15, 0.2) is 0 Å². The first-order chi connectivity index (χ1) is 5.33. The summed E-state index contributed by atoms with van der Waals surface area (Å²) in [6.45, 7) is 3.34. The number of hydrogen-bond acceptors (Lipinski definition) is 2. The van der Waals surface area contributed by atoms with E-state index >= 15 is 0 Å². The molecule has 1 N–H and O–H groups in total. The summed E-state index contributed by atoms with van der Waals surface area (Å²) >= 11 is 7.83. The van der Waals surface area contributed by atoms with Gasteiger partial charge >= 0.3 is 0 Å². The molecule has 1 nitrogen and oxygen atoms in total. The van der Waals surface area contributed by atoms with E-state index in [0.29, 0.717) is 5.38 Å². The monoisotopic (exact) mass is 193 g/mol. The highest BCUT2D eigenvalue weighted by Crippen LogP contribution is 2.24. The molecule has 0 aromatic carbocycles. The SMILES string of the molecule is CCSCCNC1CC(Cl)C1. The Morgan fingerprint density at radius 1 is 1.55 bits per heavy atom. The molecule has 1 fully saturated rings. The van der Waals surface area contributed by atoms with Gasteiger partial charge in [0.15, 0.2) is 0 Å². The van der Waals surface area contributed by atoms with Gasteiger partial charge in [0.1, 0.15) is 0 Å². The molecule has 0 bridgehead atoms. The van der Waals surface area contributed by atoms with Crippen molar-refractivity contribution in [1.29, 1.82) is 0 Å². The molecule has 0 unspecified atom stereocenters. The summed E-state index contributed by atoms with van der Waals surface area (Å²) in [5.41, 5.74) is 0. The van der Waals surface area contributed by atoms with Crippen molar-refractivity contribution in [3.05, 3.63) is 0 Å². The summed E-state index contributed by atoms with van der Waals surface area (Å²) in [4.78, 5) is 0. The number of nitrogens with one attached hydrogen (secondary N) is 1. The maximum atomic E-state index is 5.84. The van der Waals surface area contributed by atoms with Gasteiger partial charge in [-0.05, 0) is 18.6 Å². The number of rotatable bonds is 5. The van der Waals surface area contributed by atoms with Gasteiger partial charge in [-0.3, -0.25) is 0 Å². The Labute approximate surface area is 78.3 Å². The van der Waals surface area contributed by atoms with Crippen molar-refractivity contribution in [2.45, 2.75) is 31.2 Å². The highest BCUT2D eigenvalue weighted by molar-refractivity contribution is 7.99. The minimum absolute atomic E-state index is 0.450. The Bertz CT molecular complexity index is 104. The van der Waals surface area contributed by atoms with Gasteiger partial charge in [-0.15, -0.1) is 11.6 Å². The van der Waals surface area contributed by atoms with Gasteiger partial charge < -0.3 is 5.32 Å². The van der Waals surface area contributed by atoms with E-state index in [4.69, 9.17) is 11.6 Å². The fraction of sp³-hybridized carbons (Fsp3) is 1.00. The zero-order valence-corrected chi connectivity index (χ0v) is 8.55. The van der Waals surface area contributed by atoms with E-state index in [1.807, 2.05) is 11.8 Å². The van der Waals surface area contributed by atoms with Crippen LogP contribution in [-0.2, 0) is 0 Å². The van der Waals surface area contributed by atoms with Crippen LogP contribution in [0.1, 0.15) is 19.8 Å². The van der Waals surface area contributed by atoms with Crippen molar-refractivity contribution in [1.82, 2.24) is 5.32 Å². The Balaban J connectivity index is 1.81. The quantitative estimate of drug-likeness (QED) is 0.530. The summed E-state index contributed by atoms with van der Waals surface area (Å²) in [6.07, 6.45) is 2.33. The highest BCUT2D eigenvalue weighted by atomic mass is 35.5. The van der Waals surface area contributed by atoms with Crippen LogP contribution in [0.25, 0.3) is 0 Å². The lowest BCUT2D eigenvalue weighted by Crippen LogP contribution is -2.42. The first-order valence-corrected chi connectivity index (χ1v) is 5.87. The van der Waals surface area contributed by atoms with E-state index in [9.17, 15) is 0 Å². The lowest BCUT2D eigenvalue weighted by Gasteiger charge is -2.31. The molecule has 0 aliphatic heterocycles. The van der Waals surface area contributed by atoms with Gasteiger partial charge in [0, 0.05) is 23.7 Å². The molecule has 0 atom stereocenters. The Morgan fingerprint density at radius 2 is 2.27 bits per heavy atom. The lowest BCUT2D eigenvalue weighted by molar-refractivity contribution is 0.354. The molecule has 1 rings (SSSR count). The maximum absolute atomic E-state index is 5.84. The number of hydrogen-bond donors (Lipinski definition) is 1. The Hall–Kier alpha value is 0.600. The van der Waals surface area contributed by atoms with Crippen LogP contribution in [0.3, 0.4) is 0 Å². The third-order valence-electron chi connectivity index (χ3n) is 1.96. The standard InChI is InChI=1S/C8H16ClNS/c1-2-11-4-3-10-8-5-7(9)6-8/h7-8,10H,2-6H2,1H3. The minimum atomic E-state index is 0.450. The molecule has 3 heteroatoms.